The predicted molar refractivity (Wildman–Crippen MR) is 108 cm³/mol. The van der Waals surface area contributed by atoms with Gasteiger partial charge in [0, 0.05) is 32.2 Å². The van der Waals surface area contributed by atoms with E-state index in [0.29, 0.717) is 30.9 Å². The summed E-state index contributed by atoms with van der Waals surface area (Å²) in [6.07, 6.45) is 0. The fraction of sp³-hybridized carbons (Fsp3) is 0.333. The molecular weight excluding hydrogens is 340 g/mol. The summed E-state index contributed by atoms with van der Waals surface area (Å²) in [6, 6.07) is 15.5. The zero-order valence-electron chi connectivity index (χ0n) is 16.1. The maximum atomic E-state index is 13.2. The molecule has 2 aromatic carbocycles. The second-order valence-corrected chi connectivity index (χ2v) is 7.15. The third kappa shape index (κ3) is 4.65. The predicted octanol–water partition coefficient (Wildman–Crippen LogP) is 2.28. The number of amides is 2. The van der Waals surface area contributed by atoms with Crippen LogP contribution in [0.3, 0.4) is 0 Å². The molecular formula is C21H26N4O2. The van der Waals surface area contributed by atoms with E-state index in [1.807, 2.05) is 73.4 Å². The van der Waals surface area contributed by atoms with Gasteiger partial charge in [-0.25, -0.2) is 0 Å². The van der Waals surface area contributed by atoms with E-state index in [1.165, 1.54) is 0 Å². The van der Waals surface area contributed by atoms with Gasteiger partial charge in [0.1, 0.15) is 0 Å². The van der Waals surface area contributed by atoms with Crippen molar-refractivity contribution in [3.05, 3.63) is 59.7 Å². The Bertz CT molecular complexity index is 820. The summed E-state index contributed by atoms with van der Waals surface area (Å²) in [7, 11) is 5.86. The molecule has 0 aliphatic carbocycles. The fourth-order valence-electron chi connectivity index (χ4n) is 3.15. The van der Waals surface area contributed by atoms with Crippen LogP contribution in [0.2, 0.25) is 0 Å². The molecule has 1 aliphatic heterocycles. The monoisotopic (exact) mass is 366 g/mol. The largest absolute Gasteiger partial charge is 0.364 e. The summed E-state index contributed by atoms with van der Waals surface area (Å²) < 4.78 is 0. The van der Waals surface area contributed by atoms with Crippen LogP contribution in [0.15, 0.2) is 48.5 Å². The van der Waals surface area contributed by atoms with Crippen LogP contribution >= 0.6 is 0 Å². The Morgan fingerprint density at radius 2 is 1.85 bits per heavy atom. The van der Waals surface area contributed by atoms with Crippen LogP contribution in [0.25, 0.3) is 0 Å². The maximum Gasteiger partial charge on any atom is 0.254 e. The highest BCUT2D eigenvalue weighted by atomic mass is 16.2. The number of carbonyl (C=O) groups is 2. The Morgan fingerprint density at radius 1 is 1.11 bits per heavy atom. The first kappa shape index (κ1) is 18.9. The van der Waals surface area contributed by atoms with E-state index in [2.05, 4.69) is 10.2 Å². The molecule has 2 aromatic rings. The molecule has 0 atom stereocenters. The van der Waals surface area contributed by atoms with Crippen molar-refractivity contribution < 1.29 is 9.59 Å². The lowest BCUT2D eigenvalue weighted by Gasteiger charge is -2.29. The Morgan fingerprint density at radius 3 is 2.56 bits per heavy atom. The van der Waals surface area contributed by atoms with Crippen molar-refractivity contribution >= 4 is 23.2 Å². The number of likely N-dealkylation sites (N-methyl/N-ethyl adjacent to an activating group) is 2. The van der Waals surface area contributed by atoms with Crippen LogP contribution in [0.4, 0.5) is 11.4 Å². The van der Waals surface area contributed by atoms with E-state index < -0.39 is 0 Å². The van der Waals surface area contributed by atoms with Gasteiger partial charge in [0.25, 0.3) is 5.91 Å². The van der Waals surface area contributed by atoms with Gasteiger partial charge in [-0.3, -0.25) is 9.59 Å². The minimum absolute atomic E-state index is 0.0361. The number of nitrogens with zero attached hydrogens (tertiary/aromatic N) is 3. The van der Waals surface area contributed by atoms with Crippen molar-refractivity contribution in [1.29, 1.82) is 0 Å². The maximum absolute atomic E-state index is 13.2. The van der Waals surface area contributed by atoms with Gasteiger partial charge in [-0.05, 0) is 37.9 Å². The van der Waals surface area contributed by atoms with Gasteiger partial charge >= 0.3 is 0 Å². The molecule has 1 aliphatic rings. The van der Waals surface area contributed by atoms with Crippen LogP contribution in [0.5, 0.6) is 0 Å². The molecule has 1 N–H and O–H groups in total. The van der Waals surface area contributed by atoms with Gasteiger partial charge < -0.3 is 20.0 Å². The first-order chi connectivity index (χ1) is 12.9. The molecule has 6 heteroatoms. The topological polar surface area (TPSA) is 55.9 Å². The molecule has 6 nitrogen and oxygen atoms in total. The summed E-state index contributed by atoms with van der Waals surface area (Å²) in [4.78, 5) is 30.8. The number of nitrogens with one attached hydrogen (secondary N) is 1. The van der Waals surface area contributed by atoms with Gasteiger partial charge in [0.05, 0.1) is 17.9 Å². The summed E-state index contributed by atoms with van der Waals surface area (Å²) in [5.74, 6) is -0.102. The first-order valence-corrected chi connectivity index (χ1v) is 9.07. The molecule has 0 fully saturated rings. The Labute approximate surface area is 160 Å². The Hall–Kier alpha value is -2.86. The zero-order valence-corrected chi connectivity index (χ0v) is 16.1. The minimum Gasteiger partial charge on any atom is -0.364 e. The summed E-state index contributed by atoms with van der Waals surface area (Å²) in [6.45, 7) is 2.28. The number of fused-ring (bicyclic) bond motifs is 1. The molecule has 0 bridgehead atoms. The number of benzene rings is 2. The Kier molecular flexibility index (Phi) is 5.76. The van der Waals surface area contributed by atoms with Crippen molar-refractivity contribution in [1.82, 2.24) is 9.80 Å². The van der Waals surface area contributed by atoms with E-state index in [9.17, 15) is 9.59 Å². The second-order valence-electron chi connectivity index (χ2n) is 7.15. The molecule has 1 heterocycles. The average molecular weight is 366 g/mol. The standard InChI is InChI=1S/C21H26N4O2/c1-23(2)11-12-25(14-16-7-5-4-6-8-16)21(27)17-9-10-19-18(13-17)22-20(26)15-24(19)3/h4-10,13H,11-12,14-15H2,1-3H3,(H,22,26). The summed E-state index contributed by atoms with van der Waals surface area (Å²) in [5.41, 5.74) is 3.29. The lowest BCUT2D eigenvalue weighted by Crippen LogP contribution is -2.37. The number of hydrogen-bond acceptors (Lipinski definition) is 4. The zero-order chi connectivity index (χ0) is 19.4. The molecule has 0 saturated heterocycles. The molecule has 0 spiro atoms. The van der Waals surface area contributed by atoms with Crippen molar-refractivity contribution in [2.24, 2.45) is 0 Å². The highest BCUT2D eigenvalue weighted by molar-refractivity contribution is 6.03. The van der Waals surface area contributed by atoms with E-state index in [1.54, 1.807) is 6.07 Å². The average Bonchev–Trinajstić information content (AvgIpc) is 2.64. The molecule has 0 aromatic heterocycles. The van der Waals surface area contributed by atoms with Gasteiger partial charge in [-0.1, -0.05) is 30.3 Å². The molecule has 2 amide bonds. The SMILES string of the molecule is CN(C)CCN(Cc1ccccc1)C(=O)c1ccc2c(c1)NC(=O)CN2C. The van der Waals surface area contributed by atoms with Crippen molar-refractivity contribution in [2.45, 2.75) is 6.54 Å². The first-order valence-electron chi connectivity index (χ1n) is 9.07. The highest BCUT2D eigenvalue weighted by Gasteiger charge is 2.22. The third-order valence-electron chi connectivity index (χ3n) is 4.63. The van der Waals surface area contributed by atoms with Crippen molar-refractivity contribution in [2.75, 3.05) is 51.0 Å². The molecule has 142 valence electrons. The van der Waals surface area contributed by atoms with Crippen LogP contribution in [0.1, 0.15) is 15.9 Å². The highest BCUT2D eigenvalue weighted by Crippen LogP contribution is 2.29. The second kappa shape index (κ2) is 8.22. The van der Waals surface area contributed by atoms with Crippen LogP contribution in [-0.4, -0.2) is 62.4 Å². The minimum atomic E-state index is -0.0663. The van der Waals surface area contributed by atoms with Crippen LogP contribution in [-0.2, 0) is 11.3 Å². The number of anilines is 2. The smallest absolute Gasteiger partial charge is 0.254 e. The quantitative estimate of drug-likeness (QED) is 0.852. The van der Waals surface area contributed by atoms with E-state index in [-0.39, 0.29) is 11.8 Å². The lowest BCUT2D eigenvalue weighted by atomic mass is 10.1. The van der Waals surface area contributed by atoms with E-state index >= 15 is 0 Å². The van der Waals surface area contributed by atoms with Crippen molar-refractivity contribution in [3.8, 4) is 0 Å². The number of rotatable bonds is 6. The molecule has 0 radical (unpaired) electrons. The summed E-state index contributed by atoms with van der Waals surface area (Å²) >= 11 is 0. The van der Waals surface area contributed by atoms with E-state index in [0.717, 1.165) is 17.8 Å². The lowest BCUT2D eigenvalue weighted by molar-refractivity contribution is -0.115. The van der Waals surface area contributed by atoms with Gasteiger partial charge in [-0.15, -0.1) is 0 Å². The molecule has 27 heavy (non-hydrogen) atoms. The molecule has 0 unspecified atom stereocenters. The van der Waals surface area contributed by atoms with E-state index in [4.69, 9.17) is 0 Å². The fourth-order valence-corrected chi connectivity index (χ4v) is 3.15. The third-order valence-corrected chi connectivity index (χ3v) is 4.63. The van der Waals surface area contributed by atoms with Crippen LogP contribution < -0.4 is 10.2 Å². The van der Waals surface area contributed by atoms with Gasteiger partial charge in [-0.2, -0.15) is 0 Å². The van der Waals surface area contributed by atoms with Crippen LogP contribution in [0, 0.1) is 0 Å². The van der Waals surface area contributed by atoms with Gasteiger partial charge in [0.2, 0.25) is 5.91 Å². The number of carbonyl (C=O) groups excluding carboxylic acids is 2. The van der Waals surface area contributed by atoms with Gasteiger partial charge in [0.15, 0.2) is 0 Å². The molecule has 3 rings (SSSR count). The summed E-state index contributed by atoms with van der Waals surface area (Å²) in [5, 5.41) is 2.86. The molecule has 0 saturated carbocycles. The Balaban J connectivity index is 1.84. The van der Waals surface area contributed by atoms with Crippen molar-refractivity contribution in [3.63, 3.8) is 0 Å². The number of hydrogen-bond donors (Lipinski definition) is 1. The normalized spacial score (nSPS) is 13.3.